The van der Waals surface area contributed by atoms with Gasteiger partial charge in [0.05, 0.1) is 11.3 Å². The third-order valence-electron chi connectivity index (χ3n) is 3.84. The van der Waals surface area contributed by atoms with Crippen LogP contribution < -0.4 is 5.32 Å². The summed E-state index contributed by atoms with van der Waals surface area (Å²) in [4.78, 5) is 37.2. The van der Waals surface area contributed by atoms with Gasteiger partial charge in [-0.05, 0) is 50.6 Å². The fourth-order valence-electron chi connectivity index (χ4n) is 2.12. The van der Waals surface area contributed by atoms with Gasteiger partial charge >= 0.3 is 5.97 Å². The van der Waals surface area contributed by atoms with Gasteiger partial charge in [-0.25, -0.2) is 0 Å². The van der Waals surface area contributed by atoms with Crippen LogP contribution in [-0.4, -0.2) is 38.4 Å². The molecule has 3 N–H and O–H groups in total. The van der Waals surface area contributed by atoms with Gasteiger partial charge in [-0.15, -0.1) is 23.1 Å². The van der Waals surface area contributed by atoms with Gasteiger partial charge in [0.2, 0.25) is 5.91 Å². The average molecular weight is 408 g/mol. The zero-order chi connectivity index (χ0) is 20.2. The van der Waals surface area contributed by atoms with Crippen molar-refractivity contribution in [3.63, 3.8) is 0 Å². The molecule has 1 heterocycles. The van der Waals surface area contributed by atoms with Crippen LogP contribution in [0.4, 0.5) is 5.00 Å². The Morgan fingerprint density at radius 1 is 1.19 bits per heavy atom. The molecule has 0 aliphatic carbocycles. The fourth-order valence-corrected chi connectivity index (χ4v) is 3.81. The number of anilines is 1. The first-order chi connectivity index (χ1) is 12.6. The highest BCUT2D eigenvalue weighted by atomic mass is 32.2. The fraction of sp³-hybridized carbons (Fsp3) is 0.316. The molecule has 8 heteroatoms. The van der Waals surface area contributed by atoms with Gasteiger partial charge in [0.15, 0.2) is 5.78 Å². The highest BCUT2D eigenvalue weighted by Gasteiger charge is 2.29. The van der Waals surface area contributed by atoms with Crippen LogP contribution in [0.25, 0.3) is 0 Å². The van der Waals surface area contributed by atoms with Gasteiger partial charge in [-0.1, -0.05) is 6.92 Å². The molecule has 2 rings (SSSR count). The number of thiophene rings is 1. The van der Waals surface area contributed by atoms with Crippen molar-refractivity contribution in [3.8, 4) is 5.75 Å². The molecule has 0 aliphatic rings. The normalized spacial score (nSPS) is 11.2. The molecule has 6 nitrogen and oxygen atoms in total. The Labute approximate surface area is 165 Å². The highest BCUT2D eigenvalue weighted by molar-refractivity contribution is 8.02. The van der Waals surface area contributed by atoms with Gasteiger partial charge in [0, 0.05) is 10.4 Å². The summed E-state index contributed by atoms with van der Waals surface area (Å²) >= 11 is 2.35. The van der Waals surface area contributed by atoms with Gasteiger partial charge < -0.3 is 15.5 Å². The van der Waals surface area contributed by atoms with Crippen molar-refractivity contribution < 1.29 is 24.6 Å². The van der Waals surface area contributed by atoms with E-state index < -0.39 is 10.7 Å². The SMILES string of the molecule is CCc1cc(C(=O)c2ccc(O)cc2)c(NC(=O)CSC(C)(C)C(=O)O)s1. The van der Waals surface area contributed by atoms with Crippen LogP contribution in [-0.2, 0) is 16.0 Å². The predicted molar refractivity (Wildman–Crippen MR) is 108 cm³/mol. The standard InChI is InChI=1S/C19H21NO5S2/c1-4-13-9-14(16(23)11-5-7-12(21)8-6-11)17(27-13)20-15(22)10-26-19(2,3)18(24)25/h5-9,21H,4,10H2,1-3H3,(H,20,22)(H,24,25). The minimum atomic E-state index is -1.08. The number of hydrogen-bond acceptors (Lipinski definition) is 6. The molecule has 1 aromatic heterocycles. The van der Waals surface area contributed by atoms with E-state index in [1.165, 1.54) is 49.4 Å². The van der Waals surface area contributed by atoms with Crippen LogP contribution in [0.2, 0.25) is 0 Å². The maximum atomic E-state index is 12.8. The number of aryl methyl sites for hydroxylation is 1. The first-order valence-electron chi connectivity index (χ1n) is 8.27. The summed E-state index contributed by atoms with van der Waals surface area (Å²) in [6.07, 6.45) is 0.719. The van der Waals surface area contributed by atoms with E-state index in [9.17, 15) is 19.5 Å². The van der Waals surface area contributed by atoms with Crippen molar-refractivity contribution in [2.24, 2.45) is 0 Å². The van der Waals surface area contributed by atoms with Gasteiger partial charge in [-0.2, -0.15) is 0 Å². The number of amides is 1. The lowest BCUT2D eigenvalue weighted by atomic mass is 10.0. The van der Waals surface area contributed by atoms with Crippen molar-refractivity contribution in [2.45, 2.75) is 31.9 Å². The second-order valence-corrected chi connectivity index (χ2v) is 9.07. The largest absolute Gasteiger partial charge is 0.508 e. The van der Waals surface area contributed by atoms with Crippen molar-refractivity contribution in [3.05, 3.63) is 46.3 Å². The number of aliphatic carboxylic acids is 1. The monoisotopic (exact) mass is 407 g/mol. The van der Waals surface area contributed by atoms with E-state index in [1.807, 2.05) is 6.92 Å². The van der Waals surface area contributed by atoms with E-state index in [0.29, 0.717) is 16.1 Å². The predicted octanol–water partition coefficient (Wildman–Crippen LogP) is 3.78. The number of hydrogen-bond donors (Lipinski definition) is 3. The van der Waals surface area contributed by atoms with Crippen LogP contribution in [0.1, 0.15) is 41.6 Å². The van der Waals surface area contributed by atoms with Crippen molar-refractivity contribution in [2.75, 3.05) is 11.1 Å². The summed E-state index contributed by atoms with van der Waals surface area (Å²) in [5.74, 6) is -1.57. The Kier molecular flexibility index (Phi) is 6.67. The van der Waals surface area contributed by atoms with Crippen LogP contribution >= 0.6 is 23.1 Å². The topological polar surface area (TPSA) is 104 Å². The smallest absolute Gasteiger partial charge is 0.319 e. The molecule has 0 unspecified atom stereocenters. The number of carboxylic acids is 1. The molecule has 0 spiro atoms. The third-order valence-corrected chi connectivity index (χ3v) is 6.34. The zero-order valence-electron chi connectivity index (χ0n) is 15.2. The summed E-state index contributed by atoms with van der Waals surface area (Å²) < 4.78 is -1.08. The maximum absolute atomic E-state index is 12.8. The molecule has 27 heavy (non-hydrogen) atoms. The average Bonchev–Trinajstić information content (AvgIpc) is 3.03. The minimum absolute atomic E-state index is 0.0362. The van der Waals surface area contributed by atoms with Crippen LogP contribution in [0.15, 0.2) is 30.3 Å². The summed E-state index contributed by atoms with van der Waals surface area (Å²) in [5.41, 5.74) is 0.795. The minimum Gasteiger partial charge on any atom is -0.508 e. The molecule has 1 aromatic carbocycles. The zero-order valence-corrected chi connectivity index (χ0v) is 16.9. The van der Waals surface area contributed by atoms with Crippen LogP contribution in [0.5, 0.6) is 5.75 Å². The number of carbonyl (C=O) groups excluding carboxylic acids is 2. The van der Waals surface area contributed by atoms with Gasteiger partial charge in [-0.3, -0.25) is 14.4 Å². The molecular formula is C19H21NO5S2. The summed E-state index contributed by atoms with van der Waals surface area (Å²) in [6, 6.07) is 7.67. The van der Waals surface area contributed by atoms with Crippen LogP contribution in [0.3, 0.4) is 0 Å². The van der Waals surface area contributed by atoms with Gasteiger partial charge in [0.1, 0.15) is 15.5 Å². The molecule has 1 amide bonds. The highest BCUT2D eigenvalue weighted by Crippen LogP contribution is 2.32. The number of aromatic hydroxyl groups is 1. The lowest BCUT2D eigenvalue weighted by molar-refractivity contribution is -0.138. The molecule has 2 aromatic rings. The Morgan fingerprint density at radius 3 is 2.37 bits per heavy atom. The Bertz CT molecular complexity index is 855. The Morgan fingerprint density at radius 2 is 1.81 bits per heavy atom. The summed E-state index contributed by atoms with van der Waals surface area (Å²) in [6.45, 7) is 5.03. The second kappa shape index (κ2) is 8.58. The lowest BCUT2D eigenvalue weighted by Crippen LogP contribution is -2.29. The first-order valence-corrected chi connectivity index (χ1v) is 10.1. The number of nitrogens with one attached hydrogen (secondary N) is 1. The molecule has 0 radical (unpaired) electrons. The van der Waals surface area contributed by atoms with E-state index in [-0.39, 0.29) is 23.2 Å². The molecule has 0 bridgehead atoms. The number of benzene rings is 1. The van der Waals surface area contributed by atoms with E-state index in [0.717, 1.165) is 23.1 Å². The summed E-state index contributed by atoms with van der Waals surface area (Å²) in [7, 11) is 0. The first kappa shape index (κ1) is 21.0. The molecule has 144 valence electrons. The number of carboxylic acid groups (broad SMARTS) is 1. The molecule has 0 saturated heterocycles. The van der Waals surface area contributed by atoms with E-state index >= 15 is 0 Å². The number of carbonyl (C=O) groups is 3. The second-order valence-electron chi connectivity index (χ2n) is 6.34. The quantitative estimate of drug-likeness (QED) is 0.575. The number of ketones is 1. The Hall–Kier alpha value is -2.32. The van der Waals surface area contributed by atoms with E-state index in [1.54, 1.807) is 6.07 Å². The summed E-state index contributed by atoms with van der Waals surface area (Å²) in [5, 5.41) is 21.7. The number of phenolic OH excluding ortho intramolecular Hbond substituents is 1. The number of rotatable bonds is 8. The molecule has 0 aliphatic heterocycles. The van der Waals surface area contributed by atoms with Crippen molar-refractivity contribution in [1.82, 2.24) is 0 Å². The molecular weight excluding hydrogens is 386 g/mol. The third kappa shape index (κ3) is 5.33. The lowest BCUT2D eigenvalue weighted by Gasteiger charge is -2.17. The molecule has 0 atom stereocenters. The van der Waals surface area contributed by atoms with E-state index in [2.05, 4.69) is 5.32 Å². The van der Waals surface area contributed by atoms with Crippen LogP contribution in [0, 0.1) is 0 Å². The van der Waals surface area contributed by atoms with Crippen molar-refractivity contribution in [1.29, 1.82) is 0 Å². The van der Waals surface area contributed by atoms with E-state index in [4.69, 9.17) is 5.11 Å². The molecule has 0 fully saturated rings. The Balaban J connectivity index is 2.18. The maximum Gasteiger partial charge on any atom is 0.319 e. The van der Waals surface area contributed by atoms with Gasteiger partial charge in [0.25, 0.3) is 0 Å². The number of thioether (sulfide) groups is 1. The number of phenols is 1. The van der Waals surface area contributed by atoms with Crippen molar-refractivity contribution >= 4 is 45.8 Å². The molecule has 0 saturated carbocycles.